The smallest absolute Gasteiger partial charge is 0.410 e. The maximum atomic E-state index is 13.0. The van der Waals surface area contributed by atoms with Gasteiger partial charge in [-0.3, -0.25) is 4.99 Å². The molecule has 2 aromatic carbocycles. The van der Waals surface area contributed by atoms with E-state index in [2.05, 4.69) is 37.3 Å². The highest BCUT2D eigenvalue weighted by Gasteiger charge is 2.56. The normalized spacial score (nSPS) is 22.4. The second-order valence-corrected chi connectivity index (χ2v) is 9.78. The Bertz CT molecular complexity index is 1050. The number of ketones is 1. The summed E-state index contributed by atoms with van der Waals surface area (Å²) in [6, 6.07) is 16.4. The van der Waals surface area contributed by atoms with Crippen molar-refractivity contribution in [3.8, 4) is 0 Å². The van der Waals surface area contributed by atoms with Gasteiger partial charge in [-0.05, 0) is 57.4 Å². The number of fused-ring (bicyclic) bond motifs is 2. The van der Waals surface area contributed by atoms with E-state index >= 15 is 0 Å². The second kappa shape index (κ2) is 7.63. The number of nitrogens with zero attached hydrogens (tertiary/aromatic N) is 2. The first kappa shape index (κ1) is 21.3. The van der Waals surface area contributed by atoms with Crippen molar-refractivity contribution in [1.82, 2.24) is 4.90 Å². The van der Waals surface area contributed by atoms with Crippen molar-refractivity contribution in [2.75, 3.05) is 13.1 Å². The number of rotatable bonds is 3. The predicted molar refractivity (Wildman–Crippen MR) is 122 cm³/mol. The SMILES string of the molecule is CC(=O)CC1CN(C(=O)OC(C)(C)C)CC12C(c1ccccc1)=Nc1cc(C)ccc12. The lowest BCUT2D eigenvalue weighted by atomic mass is 9.67. The summed E-state index contributed by atoms with van der Waals surface area (Å²) in [5.41, 5.74) is 4.00. The third-order valence-corrected chi connectivity index (χ3v) is 6.10. The summed E-state index contributed by atoms with van der Waals surface area (Å²) in [5.74, 6) is 0.0452. The maximum absolute atomic E-state index is 13.0. The number of aliphatic imine (C=N–C) groups is 1. The summed E-state index contributed by atoms with van der Waals surface area (Å²) in [6.07, 6.45) is 0.0456. The van der Waals surface area contributed by atoms with E-state index in [9.17, 15) is 9.59 Å². The monoisotopic (exact) mass is 418 g/mol. The number of carbonyl (C=O) groups excluding carboxylic acids is 2. The molecule has 1 saturated heterocycles. The molecule has 4 rings (SSSR count). The van der Waals surface area contributed by atoms with Crippen LogP contribution in [0.3, 0.4) is 0 Å². The Labute approximate surface area is 184 Å². The van der Waals surface area contributed by atoms with Crippen molar-refractivity contribution in [3.05, 3.63) is 65.2 Å². The lowest BCUT2D eigenvalue weighted by Crippen LogP contribution is -2.43. The minimum absolute atomic E-state index is 0.0690. The first-order valence-corrected chi connectivity index (χ1v) is 10.8. The van der Waals surface area contributed by atoms with Crippen molar-refractivity contribution in [1.29, 1.82) is 0 Å². The van der Waals surface area contributed by atoms with Gasteiger partial charge in [0.25, 0.3) is 0 Å². The fourth-order valence-corrected chi connectivity index (χ4v) is 4.92. The zero-order valence-corrected chi connectivity index (χ0v) is 18.9. The molecule has 0 N–H and O–H groups in total. The van der Waals surface area contributed by atoms with Crippen LogP contribution in [0.1, 0.15) is 50.8 Å². The predicted octanol–water partition coefficient (Wildman–Crippen LogP) is 5.21. The number of carbonyl (C=O) groups is 2. The molecule has 0 saturated carbocycles. The molecule has 0 aliphatic carbocycles. The van der Waals surface area contributed by atoms with Crippen molar-refractivity contribution in [2.24, 2.45) is 10.9 Å². The number of hydrogen-bond donors (Lipinski definition) is 0. The van der Waals surface area contributed by atoms with Gasteiger partial charge in [-0.15, -0.1) is 0 Å². The van der Waals surface area contributed by atoms with Gasteiger partial charge in [0, 0.05) is 25.4 Å². The molecule has 2 aliphatic heterocycles. The van der Waals surface area contributed by atoms with E-state index in [1.54, 1.807) is 11.8 Å². The molecule has 2 aliphatic rings. The largest absolute Gasteiger partial charge is 0.444 e. The summed E-state index contributed by atoms with van der Waals surface area (Å²) in [5, 5.41) is 0. The number of amides is 1. The minimum atomic E-state index is -0.579. The first-order valence-electron chi connectivity index (χ1n) is 10.8. The Kier molecular flexibility index (Phi) is 5.24. The number of likely N-dealkylation sites (tertiary alicyclic amines) is 1. The van der Waals surface area contributed by atoms with E-state index in [0.29, 0.717) is 19.5 Å². The highest BCUT2D eigenvalue weighted by molar-refractivity contribution is 6.14. The van der Waals surface area contributed by atoms with Gasteiger partial charge < -0.3 is 14.4 Å². The lowest BCUT2D eigenvalue weighted by molar-refractivity contribution is -0.118. The summed E-state index contributed by atoms with van der Waals surface area (Å²) in [7, 11) is 0. The van der Waals surface area contributed by atoms with Crippen molar-refractivity contribution in [3.63, 3.8) is 0 Å². The molecule has 2 unspecified atom stereocenters. The molecule has 0 bridgehead atoms. The summed E-state index contributed by atoms with van der Waals surface area (Å²) in [4.78, 5) is 32.1. The topological polar surface area (TPSA) is 59.0 Å². The molecule has 1 amide bonds. The fourth-order valence-electron chi connectivity index (χ4n) is 4.92. The minimum Gasteiger partial charge on any atom is -0.444 e. The highest BCUT2D eigenvalue weighted by Crippen LogP contribution is 2.52. The number of hydrogen-bond acceptors (Lipinski definition) is 4. The van der Waals surface area contributed by atoms with Gasteiger partial charge in [0.1, 0.15) is 11.4 Å². The van der Waals surface area contributed by atoms with Crippen LogP contribution in [0.5, 0.6) is 0 Å². The van der Waals surface area contributed by atoms with E-state index in [1.165, 1.54) is 0 Å². The maximum Gasteiger partial charge on any atom is 0.410 e. The molecule has 5 heteroatoms. The van der Waals surface area contributed by atoms with Crippen molar-refractivity contribution < 1.29 is 14.3 Å². The second-order valence-electron chi connectivity index (χ2n) is 9.78. The van der Waals surface area contributed by atoms with Crippen LogP contribution in [-0.4, -0.2) is 41.2 Å². The zero-order chi connectivity index (χ0) is 22.4. The Morgan fingerprint density at radius 2 is 1.87 bits per heavy atom. The van der Waals surface area contributed by atoms with Crippen LogP contribution >= 0.6 is 0 Å². The van der Waals surface area contributed by atoms with E-state index in [-0.39, 0.29) is 17.8 Å². The number of Topliss-reactive ketones (excluding diaryl/α,β-unsaturated/α-hetero) is 1. The van der Waals surface area contributed by atoms with E-state index in [1.807, 2.05) is 39.0 Å². The van der Waals surface area contributed by atoms with Gasteiger partial charge in [0.2, 0.25) is 0 Å². The Balaban J connectivity index is 1.85. The number of aryl methyl sites for hydroxylation is 1. The summed E-state index contributed by atoms with van der Waals surface area (Å²) in [6.45, 7) is 10.2. The molecule has 2 heterocycles. The molecular weight excluding hydrogens is 388 g/mol. The molecule has 2 atom stereocenters. The molecule has 31 heavy (non-hydrogen) atoms. The molecule has 1 fully saturated rings. The third kappa shape index (κ3) is 3.89. The highest BCUT2D eigenvalue weighted by atomic mass is 16.6. The first-order chi connectivity index (χ1) is 14.6. The van der Waals surface area contributed by atoms with Crippen LogP contribution in [0.25, 0.3) is 0 Å². The van der Waals surface area contributed by atoms with Gasteiger partial charge in [0.15, 0.2) is 0 Å². The zero-order valence-electron chi connectivity index (χ0n) is 18.9. The quantitative estimate of drug-likeness (QED) is 0.687. The van der Waals surface area contributed by atoms with Gasteiger partial charge >= 0.3 is 6.09 Å². The van der Waals surface area contributed by atoms with Gasteiger partial charge in [-0.25, -0.2) is 4.79 Å². The summed E-state index contributed by atoms with van der Waals surface area (Å²) < 4.78 is 5.69. The molecular formula is C26H30N2O3. The Hall–Kier alpha value is -2.95. The van der Waals surface area contributed by atoms with Crippen LogP contribution in [0.2, 0.25) is 0 Å². The lowest BCUT2D eigenvalue weighted by Gasteiger charge is -2.33. The van der Waals surface area contributed by atoms with Crippen molar-refractivity contribution >= 4 is 23.3 Å². The average molecular weight is 419 g/mol. The molecule has 2 aromatic rings. The third-order valence-electron chi connectivity index (χ3n) is 6.10. The number of benzene rings is 2. The molecule has 0 radical (unpaired) electrons. The van der Waals surface area contributed by atoms with E-state index in [0.717, 1.165) is 28.1 Å². The average Bonchev–Trinajstić information content (AvgIpc) is 3.20. The van der Waals surface area contributed by atoms with Crippen LogP contribution < -0.4 is 0 Å². The van der Waals surface area contributed by atoms with Crippen LogP contribution in [0, 0.1) is 12.8 Å². The van der Waals surface area contributed by atoms with E-state index < -0.39 is 11.0 Å². The Morgan fingerprint density at radius 3 is 2.52 bits per heavy atom. The van der Waals surface area contributed by atoms with Crippen molar-refractivity contribution in [2.45, 2.75) is 52.1 Å². The van der Waals surface area contributed by atoms with Crippen LogP contribution in [-0.2, 0) is 14.9 Å². The van der Waals surface area contributed by atoms with Crippen LogP contribution in [0.15, 0.2) is 53.5 Å². The van der Waals surface area contributed by atoms with E-state index in [4.69, 9.17) is 9.73 Å². The molecule has 0 aromatic heterocycles. The van der Waals surface area contributed by atoms with Crippen LogP contribution in [0.4, 0.5) is 10.5 Å². The summed E-state index contributed by atoms with van der Waals surface area (Å²) >= 11 is 0. The van der Waals surface area contributed by atoms with Gasteiger partial charge in [-0.2, -0.15) is 0 Å². The standard InChI is InChI=1S/C26H30N2O3/c1-17-11-12-21-22(13-17)27-23(19-9-7-6-8-10-19)26(21)16-28(15-20(26)14-18(2)29)24(30)31-25(3,4)5/h6-13,20H,14-16H2,1-5H3. The van der Waals surface area contributed by atoms with Gasteiger partial charge in [0.05, 0.1) is 16.8 Å². The van der Waals surface area contributed by atoms with Gasteiger partial charge in [-0.1, -0.05) is 42.5 Å². The Morgan fingerprint density at radius 1 is 1.16 bits per heavy atom. The number of ether oxygens (including phenoxy) is 1. The molecule has 5 nitrogen and oxygen atoms in total. The molecule has 162 valence electrons. The molecule has 1 spiro atoms. The fraction of sp³-hybridized carbons (Fsp3) is 0.423.